The number of halogens is 1. The zero-order valence-electron chi connectivity index (χ0n) is 15.9. The van der Waals surface area contributed by atoms with E-state index in [1.165, 1.54) is 6.20 Å². The molecular weight excluding hydrogens is 390 g/mol. The first kappa shape index (κ1) is 18.1. The summed E-state index contributed by atoms with van der Waals surface area (Å²) in [4.78, 5) is 26.1. The largest absolute Gasteiger partial charge is 0.494 e. The molecule has 0 radical (unpaired) electrons. The molecule has 0 bridgehead atoms. The number of hydrogen-bond acceptors (Lipinski definition) is 5. The Kier molecular flexibility index (Phi) is 4.11. The molecule has 1 aromatic carbocycles. The van der Waals surface area contributed by atoms with E-state index in [4.69, 9.17) is 11.6 Å². The van der Waals surface area contributed by atoms with Gasteiger partial charge in [0.25, 0.3) is 5.56 Å². The van der Waals surface area contributed by atoms with Crippen molar-refractivity contribution in [3.05, 3.63) is 56.0 Å². The predicted octanol–water partition coefficient (Wildman–Crippen LogP) is 2.08. The van der Waals surface area contributed by atoms with Gasteiger partial charge >= 0.3 is 0 Å². The first-order chi connectivity index (χ1) is 13.9. The van der Waals surface area contributed by atoms with Crippen molar-refractivity contribution in [2.24, 2.45) is 9.98 Å². The number of fused-ring (bicyclic) bond motifs is 2. The molecule has 0 amide bonds. The highest BCUT2D eigenvalue weighted by Gasteiger charge is 2.24. The van der Waals surface area contributed by atoms with Gasteiger partial charge in [-0.2, -0.15) is 0 Å². The van der Waals surface area contributed by atoms with E-state index in [1.54, 1.807) is 6.07 Å². The van der Waals surface area contributed by atoms with E-state index < -0.39 is 0 Å². The number of rotatable bonds is 2. The summed E-state index contributed by atoms with van der Waals surface area (Å²) < 4.78 is 1.94. The van der Waals surface area contributed by atoms with Crippen molar-refractivity contribution in [3.63, 3.8) is 0 Å². The summed E-state index contributed by atoms with van der Waals surface area (Å²) in [7, 11) is 2.11. The smallest absolute Gasteiger partial charge is 0.260 e. The number of aromatic amines is 1. The third-order valence-corrected chi connectivity index (χ3v) is 6.14. The minimum Gasteiger partial charge on any atom is -0.494 e. The maximum atomic E-state index is 12.2. The first-order valence-electron chi connectivity index (χ1n) is 9.53. The standard InChI is InChI=1S/C21H20ClN5O2/c1-11-13-9-16-17(25-19(24-16)18-15(22)3-6-23-20(18)28)10-14(13)21(29)27(11)12-4-7-26(2)8-5-12/h3,6,9-10,12,29H,1,4-5,7-8H2,2H3,(H,23,28). The van der Waals surface area contributed by atoms with Crippen LogP contribution in [0.5, 0.6) is 5.88 Å². The highest BCUT2D eigenvalue weighted by atomic mass is 35.5. The predicted molar refractivity (Wildman–Crippen MR) is 114 cm³/mol. The number of amidine groups is 1. The summed E-state index contributed by atoms with van der Waals surface area (Å²) in [6.45, 7) is 6.21. The van der Waals surface area contributed by atoms with Crippen LogP contribution in [0.15, 0.2) is 39.2 Å². The molecule has 0 unspecified atom stereocenters. The Bertz CT molecular complexity index is 1350. The quantitative estimate of drug-likeness (QED) is 0.679. The lowest BCUT2D eigenvalue weighted by Crippen LogP contribution is -2.34. The Morgan fingerprint density at radius 2 is 2.00 bits per heavy atom. The van der Waals surface area contributed by atoms with Crippen molar-refractivity contribution in [1.82, 2.24) is 14.5 Å². The summed E-state index contributed by atoms with van der Waals surface area (Å²) in [5.74, 6) is 0.481. The fourth-order valence-electron chi connectivity index (χ4n) is 4.24. The van der Waals surface area contributed by atoms with Gasteiger partial charge in [0.2, 0.25) is 0 Å². The maximum Gasteiger partial charge on any atom is 0.260 e. The van der Waals surface area contributed by atoms with E-state index in [1.807, 2.05) is 16.7 Å². The van der Waals surface area contributed by atoms with Crippen molar-refractivity contribution in [3.8, 4) is 5.88 Å². The molecule has 4 heterocycles. The topological polar surface area (TPSA) is 86.0 Å². The van der Waals surface area contributed by atoms with Crippen LogP contribution in [0.25, 0.3) is 17.4 Å². The van der Waals surface area contributed by atoms with Crippen LogP contribution < -0.4 is 16.3 Å². The average Bonchev–Trinajstić information content (AvgIpc) is 3.20. The number of nitrogens with zero attached hydrogens (tertiary/aromatic N) is 4. The second kappa shape index (κ2) is 6.57. The summed E-state index contributed by atoms with van der Waals surface area (Å²) in [6, 6.07) is 5.50. The molecule has 2 aliphatic heterocycles. The van der Waals surface area contributed by atoms with Crippen LogP contribution in [-0.4, -0.2) is 45.5 Å². The molecule has 5 rings (SSSR count). The van der Waals surface area contributed by atoms with E-state index >= 15 is 0 Å². The van der Waals surface area contributed by atoms with E-state index in [-0.39, 0.29) is 28.9 Å². The van der Waals surface area contributed by atoms with Crippen LogP contribution in [0.2, 0.25) is 5.02 Å². The van der Waals surface area contributed by atoms with Gasteiger partial charge in [0.05, 0.1) is 16.1 Å². The van der Waals surface area contributed by atoms with Gasteiger partial charge in [-0.1, -0.05) is 18.2 Å². The molecule has 3 aromatic rings. The van der Waals surface area contributed by atoms with Crippen LogP contribution >= 0.6 is 11.6 Å². The normalized spacial score (nSPS) is 17.4. The summed E-state index contributed by atoms with van der Waals surface area (Å²) in [5.41, 5.74) is 0.501. The van der Waals surface area contributed by atoms with Gasteiger partial charge in [0.1, 0.15) is 5.56 Å². The monoisotopic (exact) mass is 409 g/mol. The van der Waals surface area contributed by atoms with E-state index in [0.29, 0.717) is 21.5 Å². The molecule has 1 saturated heterocycles. The molecule has 0 atom stereocenters. The molecule has 2 aliphatic rings. The third kappa shape index (κ3) is 2.81. The number of aliphatic imine (C=N–C) groups is 1. The van der Waals surface area contributed by atoms with Gasteiger partial charge in [0.15, 0.2) is 11.7 Å². The second-order valence-corrected chi connectivity index (χ2v) is 8.05. The zero-order valence-corrected chi connectivity index (χ0v) is 16.7. The highest BCUT2D eigenvalue weighted by Crippen LogP contribution is 2.32. The number of likely N-dealkylation sites (tertiary alicyclic amines) is 1. The zero-order chi connectivity index (χ0) is 20.3. The van der Waals surface area contributed by atoms with Crippen molar-refractivity contribution < 1.29 is 5.11 Å². The number of nitrogens with one attached hydrogen (secondary N) is 1. The molecule has 29 heavy (non-hydrogen) atoms. The minimum absolute atomic E-state index is 0.210. The molecule has 2 N–H and O–H groups in total. The van der Waals surface area contributed by atoms with E-state index in [0.717, 1.165) is 36.7 Å². The summed E-state index contributed by atoms with van der Waals surface area (Å²) in [5, 5.41) is 14.2. The highest BCUT2D eigenvalue weighted by molar-refractivity contribution is 6.34. The molecule has 0 aliphatic carbocycles. The number of piperidine rings is 1. The molecule has 0 saturated carbocycles. The number of pyridine rings is 1. The van der Waals surface area contributed by atoms with E-state index in [9.17, 15) is 9.90 Å². The SMILES string of the molecule is C=c1c2cc3c(cc2c(O)n1C1CCN(C)CC1)N=C(c1c(Cl)cc[nH]c1=O)N=3. The van der Waals surface area contributed by atoms with Gasteiger partial charge in [-0.3, -0.25) is 4.79 Å². The second-order valence-electron chi connectivity index (χ2n) is 7.64. The van der Waals surface area contributed by atoms with Gasteiger partial charge in [-0.15, -0.1) is 0 Å². The summed E-state index contributed by atoms with van der Waals surface area (Å²) in [6.07, 6.45) is 3.42. The average molecular weight is 410 g/mol. The Balaban J connectivity index is 1.63. The van der Waals surface area contributed by atoms with Gasteiger partial charge in [-0.05, 0) is 51.2 Å². The minimum atomic E-state index is -0.340. The molecule has 0 spiro atoms. The molecule has 1 fully saturated rings. The fourth-order valence-corrected chi connectivity index (χ4v) is 4.47. The van der Waals surface area contributed by atoms with Crippen LogP contribution in [0.4, 0.5) is 5.69 Å². The lowest BCUT2D eigenvalue weighted by atomic mass is 10.1. The number of H-pyrrole nitrogens is 1. The van der Waals surface area contributed by atoms with Crippen molar-refractivity contribution in [1.29, 1.82) is 0 Å². The molecule has 2 aromatic heterocycles. The van der Waals surface area contributed by atoms with E-state index in [2.05, 4.69) is 33.5 Å². The van der Waals surface area contributed by atoms with Gasteiger partial charge < -0.3 is 19.6 Å². The molecule has 148 valence electrons. The van der Waals surface area contributed by atoms with Crippen LogP contribution in [0.1, 0.15) is 24.4 Å². The molecular formula is C21H20ClN5O2. The van der Waals surface area contributed by atoms with Crippen LogP contribution in [0.3, 0.4) is 0 Å². The lowest BCUT2D eigenvalue weighted by Gasteiger charge is -2.30. The Hall–Kier alpha value is -2.90. The van der Waals surface area contributed by atoms with Crippen LogP contribution in [-0.2, 0) is 0 Å². The number of aromatic hydroxyl groups is 1. The van der Waals surface area contributed by atoms with Crippen molar-refractivity contribution >= 4 is 40.5 Å². The third-order valence-electron chi connectivity index (χ3n) is 5.83. The Morgan fingerprint density at radius 3 is 2.72 bits per heavy atom. The Labute approximate surface area is 171 Å². The number of benzene rings is 1. The molecule has 8 heteroatoms. The number of hydrogen-bond donors (Lipinski definition) is 2. The lowest BCUT2D eigenvalue weighted by molar-refractivity contribution is 0.211. The fraction of sp³-hybridized carbons (Fsp3) is 0.286. The molecule has 7 nitrogen and oxygen atoms in total. The van der Waals surface area contributed by atoms with Crippen molar-refractivity contribution in [2.75, 3.05) is 20.1 Å². The Morgan fingerprint density at radius 1 is 1.24 bits per heavy atom. The summed E-state index contributed by atoms with van der Waals surface area (Å²) >= 11 is 6.19. The van der Waals surface area contributed by atoms with Gasteiger partial charge in [-0.25, -0.2) is 9.98 Å². The first-order valence-corrected chi connectivity index (χ1v) is 9.91. The van der Waals surface area contributed by atoms with Gasteiger partial charge in [0, 0.05) is 28.4 Å². The van der Waals surface area contributed by atoms with Crippen molar-refractivity contribution in [2.45, 2.75) is 18.9 Å². The maximum absolute atomic E-state index is 12.2. The van der Waals surface area contributed by atoms with Crippen LogP contribution in [0, 0.1) is 0 Å². The number of aromatic nitrogens is 2.